The molecule has 1 atom stereocenters. The Kier molecular flexibility index (Phi) is 3.79. The number of halogens is 1. The Morgan fingerprint density at radius 3 is 2.78 bits per heavy atom. The Labute approximate surface area is 143 Å². The van der Waals surface area contributed by atoms with Crippen LogP contribution in [0.1, 0.15) is 34.2 Å². The van der Waals surface area contributed by atoms with Gasteiger partial charge in [0.1, 0.15) is 5.01 Å². The highest BCUT2D eigenvalue weighted by molar-refractivity contribution is 7.18. The Morgan fingerprint density at radius 1 is 1.17 bits per heavy atom. The number of amides is 1. The maximum absolute atomic E-state index is 12.9. The zero-order valence-electron chi connectivity index (χ0n) is 12.4. The molecule has 2 heterocycles. The molecular weight excluding hydrogens is 328 g/mol. The number of fused-ring (bicyclic) bond motifs is 1. The lowest BCUT2D eigenvalue weighted by Gasteiger charge is -2.23. The van der Waals surface area contributed by atoms with Gasteiger partial charge >= 0.3 is 0 Å². The first-order valence-corrected chi connectivity index (χ1v) is 8.84. The van der Waals surface area contributed by atoms with Crippen molar-refractivity contribution in [3.8, 4) is 0 Å². The Morgan fingerprint density at radius 2 is 1.96 bits per heavy atom. The first-order valence-electron chi connectivity index (χ1n) is 7.65. The van der Waals surface area contributed by atoms with Gasteiger partial charge in [0.2, 0.25) is 0 Å². The zero-order chi connectivity index (χ0) is 15.8. The lowest BCUT2D eigenvalue weighted by atomic mass is 10.1. The molecule has 1 fully saturated rings. The highest BCUT2D eigenvalue weighted by Gasteiger charge is 2.33. The molecule has 5 heteroatoms. The van der Waals surface area contributed by atoms with E-state index >= 15 is 0 Å². The molecule has 1 saturated heterocycles. The normalized spacial score (nSPS) is 17.8. The number of para-hydroxylation sites is 1. The van der Waals surface area contributed by atoms with Gasteiger partial charge in [-0.05, 0) is 37.1 Å². The topological polar surface area (TPSA) is 33.2 Å². The van der Waals surface area contributed by atoms with Crippen LogP contribution in [0.5, 0.6) is 0 Å². The molecule has 0 spiro atoms. The van der Waals surface area contributed by atoms with Crippen LogP contribution in [0.4, 0.5) is 0 Å². The molecule has 0 N–H and O–H groups in total. The van der Waals surface area contributed by atoms with Gasteiger partial charge in [-0.1, -0.05) is 35.9 Å². The van der Waals surface area contributed by atoms with Crippen molar-refractivity contribution in [3.05, 3.63) is 64.1 Å². The van der Waals surface area contributed by atoms with Gasteiger partial charge in [-0.15, -0.1) is 11.3 Å². The summed E-state index contributed by atoms with van der Waals surface area (Å²) >= 11 is 7.87. The second-order valence-corrected chi connectivity index (χ2v) is 7.13. The summed E-state index contributed by atoms with van der Waals surface area (Å²) < 4.78 is 1.17. The smallest absolute Gasteiger partial charge is 0.255 e. The van der Waals surface area contributed by atoms with Crippen molar-refractivity contribution < 1.29 is 4.79 Å². The van der Waals surface area contributed by atoms with Crippen LogP contribution < -0.4 is 0 Å². The van der Waals surface area contributed by atoms with E-state index in [-0.39, 0.29) is 11.9 Å². The van der Waals surface area contributed by atoms with Gasteiger partial charge in [-0.2, -0.15) is 0 Å². The van der Waals surface area contributed by atoms with Gasteiger partial charge < -0.3 is 4.90 Å². The van der Waals surface area contributed by atoms with Crippen LogP contribution in [-0.2, 0) is 0 Å². The number of likely N-dealkylation sites (tertiary alicyclic amines) is 1. The summed E-state index contributed by atoms with van der Waals surface area (Å²) in [6.45, 7) is 0.755. The molecule has 23 heavy (non-hydrogen) atoms. The summed E-state index contributed by atoms with van der Waals surface area (Å²) in [7, 11) is 0. The molecule has 0 bridgehead atoms. The standard InChI is InChI=1S/C18H15ClN2OS/c19-13-7-2-1-6-12(13)18(22)21-11-5-9-15(21)17-20-14-8-3-4-10-16(14)23-17/h1-4,6-8,10,15H,5,9,11H2/t15-/m1/s1. The maximum atomic E-state index is 12.9. The molecule has 3 nitrogen and oxygen atoms in total. The zero-order valence-corrected chi connectivity index (χ0v) is 14.0. The SMILES string of the molecule is O=C(c1ccccc1Cl)N1CCC[C@@H]1c1nc2ccccc2s1. The van der Waals surface area contributed by atoms with Gasteiger partial charge in [0, 0.05) is 6.54 Å². The van der Waals surface area contributed by atoms with Crippen molar-refractivity contribution in [1.82, 2.24) is 9.88 Å². The predicted molar refractivity (Wildman–Crippen MR) is 94.1 cm³/mol. The Balaban J connectivity index is 1.69. The van der Waals surface area contributed by atoms with E-state index in [0.29, 0.717) is 10.6 Å². The van der Waals surface area contributed by atoms with Crippen molar-refractivity contribution in [2.75, 3.05) is 6.54 Å². The summed E-state index contributed by atoms with van der Waals surface area (Å²) in [5.41, 5.74) is 1.58. The fraction of sp³-hybridized carbons (Fsp3) is 0.222. The molecule has 0 radical (unpaired) electrons. The van der Waals surface area contributed by atoms with Crippen LogP contribution in [0.15, 0.2) is 48.5 Å². The van der Waals surface area contributed by atoms with Gasteiger partial charge in [-0.3, -0.25) is 4.79 Å². The second kappa shape index (κ2) is 5.95. The number of hydrogen-bond acceptors (Lipinski definition) is 3. The van der Waals surface area contributed by atoms with Crippen molar-refractivity contribution >= 4 is 39.1 Å². The number of benzene rings is 2. The minimum absolute atomic E-state index is 0.00245. The summed E-state index contributed by atoms with van der Waals surface area (Å²) in [5.74, 6) is -0.00245. The molecule has 0 saturated carbocycles. The highest BCUT2D eigenvalue weighted by Crippen LogP contribution is 2.37. The number of rotatable bonds is 2. The van der Waals surface area contributed by atoms with E-state index in [2.05, 4.69) is 6.07 Å². The molecular formula is C18H15ClN2OS. The monoisotopic (exact) mass is 342 g/mol. The molecule has 1 aliphatic rings. The number of aromatic nitrogens is 1. The van der Waals surface area contributed by atoms with Crippen LogP contribution in [0, 0.1) is 0 Å². The third kappa shape index (κ3) is 2.62. The number of carbonyl (C=O) groups excluding carboxylic acids is 1. The molecule has 116 valence electrons. The molecule has 3 aromatic rings. The van der Waals surface area contributed by atoms with E-state index in [0.717, 1.165) is 29.9 Å². The summed E-state index contributed by atoms with van der Waals surface area (Å²) in [6, 6.07) is 15.4. The van der Waals surface area contributed by atoms with E-state index in [1.807, 2.05) is 35.2 Å². The fourth-order valence-corrected chi connectivity index (χ4v) is 4.42. The third-order valence-electron chi connectivity index (χ3n) is 4.21. The number of thiazole rings is 1. The van der Waals surface area contributed by atoms with Crippen molar-refractivity contribution in [2.45, 2.75) is 18.9 Å². The van der Waals surface area contributed by atoms with E-state index in [1.54, 1.807) is 23.5 Å². The van der Waals surface area contributed by atoms with Crippen LogP contribution in [0.25, 0.3) is 10.2 Å². The van der Waals surface area contributed by atoms with Crippen LogP contribution >= 0.6 is 22.9 Å². The first-order chi connectivity index (χ1) is 11.2. The largest absolute Gasteiger partial charge is 0.329 e. The Hall–Kier alpha value is -1.91. The maximum Gasteiger partial charge on any atom is 0.255 e. The van der Waals surface area contributed by atoms with E-state index in [9.17, 15) is 4.79 Å². The van der Waals surface area contributed by atoms with Crippen molar-refractivity contribution in [1.29, 1.82) is 0 Å². The van der Waals surface area contributed by atoms with Gasteiger partial charge in [0.25, 0.3) is 5.91 Å². The minimum Gasteiger partial charge on any atom is -0.329 e. The summed E-state index contributed by atoms with van der Waals surface area (Å²) in [5, 5.41) is 1.52. The molecule has 4 rings (SSSR count). The summed E-state index contributed by atoms with van der Waals surface area (Å²) in [4.78, 5) is 19.5. The first kappa shape index (κ1) is 14.7. The van der Waals surface area contributed by atoms with Gasteiger partial charge in [-0.25, -0.2) is 4.98 Å². The van der Waals surface area contributed by atoms with Gasteiger partial charge in [0.05, 0.1) is 26.8 Å². The second-order valence-electron chi connectivity index (χ2n) is 5.66. The molecule has 0 aliphatic carbocycles. The number of nitrogens with zero attached hydrogens (tertiary/aromatic N) is 2. The lowest BCUT2D eigenvalue weighted by molar-refractivity contribution is 0.0736. The van der Waals surface area contributed by atoms with Crippen LogP contribution in [0.2, 0.25) is 5.02 Å². The average molecular weight is 343 g/mol. The predicted octanol–water partition coefficient (Wildman–Crippen LogP) is 4.93. The summed E-state index contributed by atoms with van der Waals surface area (Å²) in [6.07, 6.45) is 1.95. The minimum atomic E-state index is -0.00245. The van der Waals surface area contributed by atoms with Gasteiger partial charge in [0.15, 0.2) is 0 Å². The lowest BCUT2D eigenvalue weighted by Crippen LogP contribution is -2.30. The molecule has 0 unspecified atom stereocenters. The van der Waals surface area contributed by atoms with E-state index < -0.39 is 0 Å². The number of hydrogen-bond donors (Lipinski definition) is 0. The molecule has 2 aromatic carbocycles. The highest BCUT2D eigenvalue weighted by atomic mass is 35.5. The molecule has 1 aliphatic heterocycles. The molecule has 1 aromatic heterocycles. The Bertz CT molecular complexity index is 843. The molecule has 1 amide bonds. The third-order valence-corrected chi connectivity index (χ3v) is 5.68. The number of carbonyl (C=O) groups is 1. The quantitative estimate of drug-likeness (QED) is 0.661. The van der Waals surface area contributed by atoms with Crippen molar-refractivity contribution in [3.63, 3.8) is 0 Å². The van der Waals surface area contributed by atoms with E-state index in [1.165, 1.54) is 4.70 Å². The fourth-order valence-electron chi connectivity index (χ4n) is 3.09. The van der Waals surface area contributed by atoms with Crippen LogP contribution in [-0.4, -0.2) is 22.3 Å². The van der Waals surface area contributed by atoms with Crippen molar-refractivity contribution in [2.24, 2.45) is 0 Å². The van der Waals surface area contributed by atoms with Crippen LogP contribution in [0.3, 0.4) is 0 Å². The van der Waals surface area contributed by atoms with E-state index in [4.69, 9.17) is 16.6 Å². The average Bonchev–Trinajstić information content (AvgIpc) is 3.21.